The van der Waals surface area contributed by atoms with E-state index in [0.29, 0.717) is 0 Å². The van der Waals surface area contributed by atoms with Crippen LogP contribution in [-0.2, 0) is 7.05 Å². The van der Waals surface area contributed by atoms with E-state index < -0.39 is 0 Å². The first-order valence-electron chi connectivity index (χ1n) is 3.25. The lowest BCUT2D eigenvalue weighted by molar-refractivity contribution is 0.770. The first-order chi connectivity index (χ1) is 5.75. The predicted molar refractivity (Wildman–Crippen MR) is 49.8 cm³/mol. The molecule has 0 unspecified atom stereocenters. The van der Waals surface area contributed by atoms with Crippen molar-refractivity contribution in [3.8, 4) is 10.7 Å². The lowest BCUT2D eigenvalue weighted by Crippen LogP contribution is -1.87. The van der Waals surface area contributed by atoms with Crippen molar-refractivity contribution in [1.29, 1.82) is 0 Å². The number of halogens is 1. The molecule has 0 bridgehead atoms. The average molecular weight is 245 g/mol. The molecule has 0 radical (unpaired) electrons. The van der Waals surface area contributed by atoms with E-state index >= 15 is 0 Å². The number of rotatable bonds is 1. The highest BCUT2D eigenvalue weighted by molar-refractivity contribution is 9.11. The van der Waals surface area contributed by atoms with E-state index in [2.05, 4.69) is 31.2 Å². The van der Waals surface area contributed by atoms with Crippen molar-refractivity contribution in [2.45, 2.75) is 0 Å². The van der Waals surface area contributed by atoms with Crippen LogP contribution in [-0.4, -0.2) is 20.0 Å². The summed E-state index contributed by atoms with van der Waals surface area (Å²) < 4.78 is 2.52. The molecule has 0 aromatic carbocycles. The zero-order chi connectivity index (χ0) is 8.55. The highest BCUT2D eigenvalue weighted by Gasteiger charge is 2.06. The Hall–Kier alpha value is -0.750. The Morgan fingerprint density at radius 1 is 1.50 bits per heavy atom. The molecule has 2 aromatic heterocycles. The van der Waals surface area contributed by atoms with Crippen LogP contribution >= 0.6 is 27.3 Å². The maximum atomic E-state index is 4.20. The van der Waals surface area contributed by atoms with Gasteiger partial charge in [0.1, 0.15) is 5.69 Å². The van der Waals surface area contributed by atoms with Gasteiger partial charge in [-0.15, -0.1) is 10.2 Å². The SMILES string of the molecule is Cn1ccc(-c2nnc(Br)s2)n1. The lowest BCUT2D eigenvalue weighted by Gasteiger charge is -1.84. The third-order valence-corrected chi connectivity index (χ3v) is 2.71. The quantitative estimate of drug-likeness (QED) is 0.768. The first kappa shape index (κ1) is 7.88. The second-order valence-electron chi connectivity index (χ2n) is 2.23. The van der Waals surface area contributed by atoms with Gasteiger partial charge in [0.15, 0.2) is 8.92 Å². The largest absolute Gasteiger partial charge is 0.275 e. The molecule has 62 valence electrons. The molecular weight excluding hydrogens is 240 g/mol. The van der Waals surface area contributed by atoms with Crippen molar-refractivity contribution in [2.24, 2.45) is 7.05 Å². The van der Waals surface area contributed by atoms with Gasteiger partial charge in [-0.2, -0.15) is 5.10 Å². The first-order valence-corrected chi connectivity index (χ1v) is 4.85. The molecular formula is C6H5BrN4S. The molecule has 0 saturated carbocycles. The zero-order valence-electron chi connectivity index (χ0n) is 6.23. The van der Waals surface area contributed by atoms with Gasteiger partial charge in [-0.1, -0.05) is 11.3 Å². The second kappa shape index (κ2) is 2.95. The number of aryl methyl sites for hydroxylation is 1. The van der Waals surface area contributed by atoms with Gasteiger partial charge in [-0.3, -0.25) is 4.68 Å². The van der Waals surface area contributed by atoms with E-state index in [1.54, 1.807) is 4.68 Å². The summed E-state index contributed by atoms with van der Waals surface area (Å²) in [6.07, 6.45) is 1.88. The summed E-state index contributed by atoms with van der Waals surface area (Å²) in [5.41, 5.74) is 0.862. The van der Waals surface area contributed by atoms with Crippen molar-refractivity contribution in [3.05, 3.63) is 16.2 Å². The zero-order valence-corrected chi connectivity index (χ0v) is 8.63. The third kappa shape index (κ3) is 1.39. The molecule has 0 fully saturated rings. The molecule has 2 rings (SSSR count). The predicted octanol–water partition coefficient (Wildman–Crippen LogP) is 1.70. The Balaban J connectivity index is 2.43. The van der Waals surface area contributed by atoms with Gasteiger partial charge < -0.3 is 0 Å². The van der Waals surface area contributed by atoms with Gasteiger partial charge in [0.05, 0.1) is 0 Å². The molecule has 12 heavy (non-hydrogen) atoms. The fourth-order valence-corrected chi connectivity index (χ4v) is 1.91. The normalized spacial score (nSPS) is 10.5. The molecule has 4 nitrogen and oxygen atoms in total. The summed E-state index contributed by atoms with van der Waals surface area (Å²) in [4.78, 5) is 0. The van der Waals surface area contributed by atoms with Crippen LogP contribution in [0.1, 0.15) is 0 Å². The van der Waals surface area contributed by atoms with Crippen LogP contribution in [0, 0.1) is 0 Å². The summed E-state index contributed by atoms with van der Waals surface area (Å²) in [5, 5.41) is 12.8. The van der Waals surface area contributed by atoms with E-state index in [-0.39, 0.29) is 0 Å². The van der Waals surface area contributed by atoms with Crippen LogP contribution in [0.4, 0.5) is 0 Å². The molecule has 0 aliphatic carbocycles. The van der Waals surface area contributed by atoms with E-state index in [4.69, 9.17) is 0 Å². The molecule has 2 heterocycles. The van der Waals surface area contributed by atoms with Gasteiger partial charge in [0.25, 0.3) is 0 Å². The standard InChI is InChI=1S/C6H5BrN4S/c1-11-3-2-4(10-11)5-8-9-6(7)12-5/h2-3H,1H3. The molecule has 0 N–H and O–H groups in total. The van der Waals surface area contributed by atoms with Gasteiger partial charge in [0, 0.05) is 13.2 Å². The molecule has 6 heteroatoms. The number of hydrogen-bond acceptors (Lipinski definition) is 4. The fourth-order valence-electron chi connectivity index (χ4n) is 0.838. The smallest absolute Gasteiger partial charge is 0.183 e. The van der Waals surface area contributed by atoms with E-state index in [1.165, 1.54) is 11.3 Å². The highest BCUT2D eigenvalue weighted by Crippen LogP contribution is 2.24. The monoisotopic (exact) mass is 244 g/mol. The molecule has 0 aliphatic rings. The van der Waals surface area contributed by atoms with Crippen LogP contribution in [0.3, 0.4) is 0 Å². The van der Waals surface area contributed by atoms with Gasteiger partial charge in [0.2, 0.25) is 0 Å². The minimum Gasteiger partial charge on any atom is -0.275 e. The van der Waals surface area contributed by atoms with Crippen molar-refractivity contribution in [2.75, 3.05) is 0 Å². The number of aromatic nitrogens is 4. The van der Waals surface area contributed by atoms with Crippen LogP contribution in [0.25, 0.3) is 10.7 Å². The van der Waals surface area contributed by atoms with E-state index in [9.17, 15) is 0 Å². The minimum absolute atomic E-state index is 0.781. The third-order valence-electron chi connectivity index (χ3n) is 1.33. The summed E-state index contributed by atoms with van der Waals surface area (Å²) in [6.45, 7) is 0. The molecule has 0 saturated heterocycles. The fraction of sp³-hybridized carbons (Fsp3) is 0.167. The van der Waals surface area contributed by atoms with Crippen molar-refractivity contribution >= 4 is 27.3 Å². The Bertz CT molecular complexity index is 355. The maximum Gasteiger partial charge on any atom is 0.183 e. The van der Waals surface area contributed by atoms with Crippen LogP contribution < -0.4 is 0 Å². The molecule has 0 aliphatic heterocycles. The summed E-state index contributed by atoms with van der Waals surface area (Å²) in [7, 11) is 1.87. The Labute approximate surface area is 81.4 Å². The van der Waals surface area contributed by atoms with E-state index in [1.807, 2.05) is 19.3 Å². The van der Waals surface area contributed by atoms with Crippen LogP contribution in [0.5, 0.6) is 0 Å². The Morgan fingerprint density at radius 3 is 2.83 bits per heavy atom. The van der Waals surface area contributed by atoms with Crippen LogP contribution in [0.2, 0.25) is 0 Å². The average Bonchev–Trinajstić information content (AvgIpc) is 2.58. The number of hydrogen-bond donors (Lipinski definition) is 0. The molecule has 0 spiro atoms. The van der Waals surface area contributed by atoms with Crippen molar-refractivity contribution in [1.82, 2.24) is 20.0 Å². The van der Waals surface area contributed by atoms with Crippen molar-refractivity contribution in [3.63, 3.8) is 0 Å². The number of nitrogens with zero attached hydrogens (tertiary/aromatic N) is 4. The van der Waals surface area contributed by atoms with Crippen molar-refractivity contribution < 1.29 is 0 Å². The van der Waals surface area contributed by atoms with Gasteiger partial charge in [-0.05, 0) is 22.0 Å². The van der Waals surface area contributed by atoms with Gasteiger partial charge in [-0.25, -0.2) is 0 Å². The summed E-state index contributed by atoms with van der Waals surface area (Å²) >= 11 is 4.72. The van der Waals surface area contributed by atoms with Gasteiger partial charge >= 0.3 is 0 Å². The molecule has 0 atom stereocenters. The van der Waals surface area contributed by atoms with Crippen LogP contribution in [0.15, 0.2) is 16.2 Å². The molecule has 2 aromatic rings. The van der Waals surface area contributed by atoms with E-state index in [0.717, 1.165) is 14.6 Å². The summed E-state index contributed by atoms with van der Waals surface area (Å²) in [6, 6.07) is 1.91. The topological polar surface area (TPSA) is 43.6 Å². The second-order valence-corrected chi connectivity index (χ2v) is 4.49. The minimum atomic E-state index is 0.781. The highest BCUT2D eigenvalue weighted by atomic mass is 79.9. The Morgan fingerprint density at radius 2 is 2.33 bits per heavy atom. The summed E-state index contributed by atoms with van der Waals surface area (Å²) in [5.74, 6) is 0. The Kier molecular flexibility index (Phi) is 1.93. The maximum absolute atomic E-state index is 4.20. The lowest BCUT2D eigenvalue weighted by atomic mass is 10.5. The molecule has 0 amide bonds.